The number of allylic oxidation sites excluding steroid dienone is 3. The molecule has 3 rings (SSSR count). The van der Waals surface area contributed by atoms with Crippen LogP contribution in [0.4, 0.5) is 0 Å². The second kappa shape index (κ2) is 6.54. The molecule has 3 nitrogen and oxygen atoms in total. The molecule has 3 heteroatoms. The first-order valence-electron chi connectivity index (χ1n) is 8.98. The fourth-order valence-electron chi connectivity index (χ4n) is 4.30. The monoisotopic (exact) mass is 328 g/mol. The average molecular weight is 328 g/mol. The zero-order chi connectivity index (χ0) is 17.4. The number of benzene rings is 1. The summed E-state index contributed by atoms with van der Waals surface area (Å²) < 4.78 is 5.99. The smallest absolute Gasteiger partial charge is 0.133 e. The zero-order valence-electron chi connectivity index (χ0n) is 14.9. The summed E-state index contributed by atoms with van der Waals surface area (Å²) in [6.07, 6.45) is 6.21. The van der Waals surface area contributed by atoms with Gasteiger partial charge in [-0.1, -0.05) is 30.7 Å². The molecule has 1 aliphatic heterocycles. The second-order valence-corrected chi connectivity index (χ2v) is 7.34. The summed E-state index contributed by atoms with van der Waals surface area (Å²) in [5, 5.41) is 21.1. The highest BCUT2D eigenvalue weighted by molar-refractivity contribution is 5.61. The van der Waals surface area contributed by atoms with Gasteiger partial charge in [0.05, 0.1) is 6.61 Å². The number of hydrogen-bond acceptors (Lipinski definition) is 3. The fraction of sp³-hybridized carbons (Fsp3) is 0.524. The van der Waals surface area contributed by atoms with Gasteiger partial charge >= 0.3 is 0 Å². The minimum Gasteiger partial charge on any atom is -0.507 e. The van der Waals surface area contributed by atoms with E-state index in [1.807, 2.05) is 0 Å². The molecular weight excluding hydrogens is 300 g/mol. The molecule has 1 heterocycles. The van der Waals surface area contributed by atoms with Crippen LogP contribution in [0, 0.1) is 5.92 Å². The Hall–Kier alpha value is -1.90. The van der Waals surface area contributed by atoms with Crippen molar-refractivity contribution in [2.24, 2.45) is 5.92 Å². The Kier molecular flexibility index (Phi) is 4.62. The molecule has 24 heavy (non-hydrogen) atoms. The number of aromatic hydroxyl groups is 2. The molecule has 0 aromatic heterocycles. The van der Waals surface area contributed by atoms with Gasteiger partial charge in [0.2, 0.25) is 0 Å². The van der Waals surface area contributed by atoms with Crippen LogP contribution >= 0.6 is 0 Å². The van der Waals surface area contributed by atoms with Gasteiger partial charge in [0.25, 0.3) is 0 Å². The largest absolute Gasteiger partial charge is 0.507 e. The van der Waals surface area contributed by atoms with Crippen molar-refractivity contribution in [2.45, 2.75) is 58.3 Å². The standard InChI is InChI=1S/C21H28O3/c1-5-14-8-9-24-21-19(14)17(22)11-18(23)20(21)16-10-13(4)6-7-15(16)12(2)3/h10-11,14-16,22-23H,2,5-9H2,1,3-4H3/t14-,15+,16-/m1/s1. The summed E-state index contributed by atoms with van der Waals surface area (Å²) in [5.74, 6) is 1.62. The lowest BCUT2D eigenvalue weighted by Gasteiger charge is -2.35. The van der Waals surface area contributed by atoms with E-state index >= 15 is 0 Å². The number of phenolic OH excluding ortho intramolecular Hbond substituents is 2. The molecule has 0 bridgehead atoms. The van der Waals surface area contributed by atoms with E-state index < -0.39 is 0 Å². The third kappa shape index (κ3) is 2.81. The van der Waals surface area contributed by atoms with Gasteiger partial charge in [-0.05, 0) is 51.4 Å². The molecule has 0 amide bonds. The van der Waals surface area contributed by atoms with Crippen molar-refractivity contribution in [3.63, 3.8) is 0 Å². The van der Waals surface area contributed by atoms with Gasteiger partial charge in [-0.15, -0.1) is 0 Å². The minimum absolute atomic E-state index is 0.0567. The molecule has 2 aliphatic rings. The van der Waals surface area contributed by atoms with Crippen molar-refractivity contribution in [3.05, 3.63) is 41.0 Å². The fourth-order valence-corrected chi connectivity index (χ4v) is 4.30. The predicted molar refractivity (Wildman–Crippen MR) is 97.0 cm³/mol. The van der Waals surface area contributed by atoms with Crippen LogP contribution in [0.25, 0.3) is 0 Å². The van der Waals surface area contributed by atoms with E-state index in [0.29, 0.717) is 18.3 Å². The Morgan fingerprint density at radius 1 is 1.25 bits per heavy atom. The molecule has 2 N–H and O–H groups in total. The van der Waals surface area contributed by atoms with E-state index in [0.717, 1.165) is 42.4 Å². The van der Waals surface area contributed by atoms with Gasteiger partial charge in [-0.2, -0.15) is 0 Å². The molecular formula is C21H28O3. The molecule has 1 aliphatic carbocycles. The first kappa shape index (κ1) is 16.9. The molecule has 1 aromatic rings. The third-order valence-electron chi connectivity index (χ3n) is 5.64. The molecule has 0 saturated heterocycles. The normalized spacial score (nSPS) is 26.3. The maximum Gasteiger partial charge on any atom is 0.133 e. The molecule has 0 radical (unpaired) electrons. The lowest BCUT2D eigenvalue weighted by Crippen LogP contribution is -2.21. The van der Waals surface area contributed by atoms with Crippen LogP contribution < -0.4 is 4.74 Å². The van der Waals surface area contributed by atoms with Crippen LogP contribution in [0.5, 0.6) is 17.2 Å². The van der Waals surface area contributed by atoms with Crippen LogP contribution in [0.3, 0.4) is 0 Å². The maximum atomic E-state index is 10.6. The SMILES string of the molecule is C=C(C)[C@@H]1CCC(C)=C[C@H]1c1c(O)cc(O)c2c1OCC[C@H]2CC. The molecule has 0 fully saturated rings. The highest BCUT2D eigenvalue weighted by Crippen LogP contribution is 2.53. The number of ether oxygens (including phenoxy) is 1. The third-order valence-corrected chi connectivity index (χ3v) is 5.64. The Bertz CT molecular complexity index is 687. The molecule has 0 saturated carbocycles. The van der Waals surface area contributed by atoms with Crippen LogP contribution in [0.1, 0.15) is 69.4 Å². The first-order valence-corrected chi connectivity index (χ1v) is 8.98. The Morgan fingerprint density at radius 2 is 1.96 bits per heavy atom. The van der Waals surface area contributed by atoms with Gasteiger partial charge in [0.15, 0.2) is 0 Å². The zero-order valence-corrected chi connectivity index (χ0v) is 14.9. The Morgan fingerprint density at radius 3 is 2.62 bits per heavy atom. The summed E-state index contributed by atoms with van der Waals surface area (Å²) in [6.45, 7) is 11.1. The second-order valence-electron chi connectivity index (χ2n) is 7.34. The Balaban J connectivity index is 2.20. The van der Waals surface area contributed by atoms with Gasteiger partial charge < -0.3 is 14.9 Å². The van der Waals surface area contributed by atoms with Crippen molar-refractivity contribution < 1.29 is 14.9 Å². The summed E-state index contributed by atoms with van der Waals surface area (Å²) in [6, 6.07) is 1.50. The highest BCUT2D eigenvalue weighted by atomic mass is 16.5. The van der Waals surface area contributed by atoms with Crippen LogP contribution in [0.15, 0.2) is 29.9 Å². The van der Waals surface area contributed by atoms with Crippen molar-refractivity contribution >= 4 is 0 Å². The van der Waals surface area contributed by atoms with Gasteiger partial charge in [-0.25, -0.2) is 0 Å². The van der Waals surface area contributed by atoms with Crippen LogP contribution in [-0.2, 0) is 0 Å². The number of phenols is 2. The van der Waals surface area contributed by atoms with Crippen LogP contribution in [0.2, 0.25) is 0 Å². The topological polar surface area (TPSA) is 49.7 Å². The lowest BCUT2D eigenvalue weighted by molar-refractivity contribution is 0.252. The quantitative estimate of drug-likeness (QED) is 0.731. The van der Waals surface area contributed by atoms with Crippen molar-refractivity contribution in [2.75, 3.05) is 6.61 Å². The average Bonchev–Trinajstić information content (AvgIpc) is 2.53. The van der Waals surface area contributed by atoms with Crippen LogP contribution in [-0.4, -0.2) is 16.8 Å². The minimum atomic E-state index is 0.0567. The van der Waals surface area contributed by atoms with Crippen molar-refractivity contribution in [1.82, 2.24) is 0 Å². The van der Waals surface area contributed by atoms with Gasteiger partial charge in [0, 0.05) is 23.1 Å². The molecule has 0 spiro atoms. The van der Waals surface area contributed by atoms with Gasteiger partial charge in [0.1, 0.15) is 17.2 Å². The van der Waals surface area contributed by atoms with E-state index in [9.17, 15) is 10.2 Å². The van der Waals surface area contributed by atoms with E-state index in [1.54, 1.807) is 0 Å². The van der Waals surface area contributed by atoms with E-state index in [1.165, 1.54) is 11.6 Å². The number of fused-ring (bicyclic) bond motifs is 1. The van der Waals surface area contributed by atoms with E-state index in [2.05, 4.69) is 33.4 Å². The lowest BCUT2D eigenvalue weighted by atomic mass is 9.72. The predicted octanol–water partition coefficient (Wildman–Crippen LogP) is 5.39. The molecule has 1 aromatic carbocycles. The van der Waals surface area contributed by atoms with Crippen molar-refractivity contribution in [3.8, 4) is 17.2 Å². The van der Waals surface area contributed by atoms with Crippen molar-refractivity contribution in [1.29, 1.82) is 0 Å². The summed E-state index contributed by atoms with van der Waals surface area (Å²) in [7, 11) is 0. The van der Waals surface area contributed by atoms with Gasteiger partial charge in [-0.3, -0.25) is 0 Å². The first-order chi connectivity index (χ1) is 11.4. The summed E-state index contributed by atoms with van der Waals surface area (Å²) in [5.41, 5.74) is 4.16. The molecule has 0 unspecified atom stereocenters. The number of hydrogen-bond donors (Lipinski definition) is 2. The maximum absolute atomic E-state index is 10.6. The number of rotatable bonds is 3. The summed E-state index contributed by atoms with van der Waals surface area (Å²) in [4.78, 5) is 0. The van der Waals surface area contributed by atoms with E-state index in [4.69, 9.17) is 4.74 Å². The van der Waals surface area contributed by atoms with E-state index in [-0.39, 0.29) is 23.3 Å². The molecule has 130 valence electrons. The Labute approximate surface area is 144 Å². The highest BCUT2D eigenvalue weighted by Gasteiger charge is 2.35. The summed E-state index contributed by atoms with van der Waals surface area (Å²) >= 11 is 0. The molecule has 3 atom stereocenters.